The lowest BCUT2D eigenvalue weighted by atomic mass is 10.0. The number of furan rings is 2. The maximum absolute atomic E-state index is 6.36. The second kappa shape index (κ2) is 5.24. The second-order valence-electron chi connectivity index (χ2n) is 8.08. The monoisotopic (exact) mass is 398 g/mol. The first-order valence-corrected chi connectivity index (χ1v) is 10.3. The molecule has 0 radical (unpaired) electrons. The molecule has 4 heteroatoms. The number of aromatic nitrogens is 2. The van der Waals surface area contributed by atoms with Crippen LogP contribution in [0.2, 0.25) is 0 Å². The summed E-state index contributed by atoms with van der Waals surface area (Å²) in [5, 5.41) is 7.80. The quantitative estimate of drug-likeness (QED) is 0.249. The average molecular weight is 398 g/mol. The molecule has 0 N–H and O–H groups in total. The van der Waals surface area contributed by atoms with Gasteiger partial charge in [-0.25, -0.2) is 4.98 Å². The normalized spacial score (nSPS) is 12.5. The highest BCUT2D eigenvalue weighted by Gasteiger charge is 2.16. The van der Waals surface area contributed by atoms with E-state index in [4.69, 9.17) is 8.83 Å². The molecular formula is C27H14N2O2. The Morgan fingerprint density at radius 3 is 2.00 bits per heavy atom. The molecule has 0 spiro atoms. The molecular weight excluding hydrogens is 384 g/mol. The SMILES string of the molecule is c1ccc2c(c1)oc1cc3c(cc12)oc1cc2c4ccccc4c4nccn4c2cc13. The van der Waals surface area contributed by atoms with E-state index in [1.54, 1.807) is 0 Å². The van der Waals surface area contributed by atoms with Crippen molar-refractivity contribution in [2.75, 3.05) is 0 Å². The van der Waals surface area contributed by atoms with E-state index in [9.17, 15) is 0 Å². The number of imidazole rings is 1. The van der Waals surface area contributed by atoms with E-state index in [0.717, 1.165) is 65.8 Å². The standard InChI is InChI=1S/C27H14N2O2/c1-2-7-17-15(5-1)18-12-24-19(11-22(18)29-10-9-28-27(17)29)21-14-25-20(13-26(21)31-24)16-6-3-4-8-23(16)30-25/h1-14H. The average Bonchev–Trinajstić information content (AvgIpc) is 3.51. The first-order valence-electron chi connectivity index (χ1n) is 10.3. The van der Waals surface area contributed by atoms with E-state index in [1.165, 1.54) is 5.39 Å². The molecule has 31 heavy (non-hydrogen) atoms. The molecule has 0 amide bonds. The summed E-state index contributed by atoms with van der Waals surface area (Å²) in [6.45, 7) is 0. The van der Waals surface area contributed by atoms with Crippen LogP contribution in [0.15, 0.2) is 94.0 Å². The summed E-state index contributed by atoms with van der Waals surface area (Å²) < 4.78 is 14.7. The van der Waals surface area contributed by atoms with Crippen molar-refractivity contribution >= 4 is 71.2 Å². The third-order valence-corrected chi connectivity index (χ3v) is 6.45. The van der Waals surface area contributed by atoms with Gasteiger partial charge in [-0.05, 0) is 35.7 Å². The van der Waals surface area contributed by atoms with Crippen LogP contribution in [0.5, 0.6) is 0 Å². The summed E-state index contributed by atoms with van der Waals surface area (Å²) in [5.41, 5.74) is 5.61. The predicted molar refractivity (Wildman–Crippen MR) is 125 cm³/mol. The molecule has 0 bridgehead atoms. The number of hydrogen-bond donors (Lipinski definition) is 0. The largest absolute Gasteiger partial charge is 0.456 e. The van der Waals surface area contributed by atoms with Crippen molar-refractivity contribution in [3.63, 3.8) is 0 Å². The molecule has 4 heterocycles. The maximum atomic E-state index is 6.36. The van der Waals surface area contributed by atoms with Crippen molar-refractivity contribution in [1.29, 1.82) is 0 Å². The Bertz CT molecular complexity index is 2000. The minimum Gasteiger partial charge on any atom is -0.456 e. The molecule has 0 unspecified atom stereocenters. The zero-order chi connectivity index (χ0) is 20.1. The van der Waals surface area contributed by atoms with Gasteiger partial charge in [0.05, 0.1) is 5.52 Å². The van der Waals surface area contributed by atoms with Crippen molar-refractivity contribution in [3.8, 4) is 0 Å². The third-order valence-electron chi connectivity index (χ3n) is 6.45. The molecule has 0 saturated heterocycles. The Morgan fingerprint density at radius 2 is 1.16 bits per heavy atom. The number of benzene rings is 4. The van der Waals surface area contributed by atoms with Gasteiger partial charge in [-0.2, -0.15) is 0 Å². The zero-order valence-corrected chi connectivity index (χ0v) is 16.3. The molecule has 144 valence electrons. The Hall–Kier alpha value is -4.31. The lowest BCUT2D eigenvalue weighted by Crippen LogP contribution is -1.90. The highest BCUT2D eigenvalue weighted by Crippen LogP contribution is 2.39. The van der Waals surface area contributed by atoms with Crippen LogP contribution in [0.4, 0.5) is 0 Å². The third kappa shape index (κ3) is 1.87. The van der Waals surface area contributed by atoms with Crippen LogP contribution >= 0.6 is 0 Å². The molecule has 0 aliphatic heterocycles. The van der Waals surface area contributed by atoms with E-state index in [2.05, 4.69) is 64.0 Å². The van der Waals surface area contributed by atoms with E-state index < -0.39 is 0 Å². The molecule has 8 aromatic rings. The number of fused-ring (bicyclic) bond motifs is 12. The van der Waals surface area contributed by atoms with E-state index in [-0.39, 0.29) is 0 Å². The Morgan fingerprint density at radius 1 is 0.548 bits per heavy atom. The summed E-state index contributed by atoms with van der Waals surface area (Å²) in [5.74, 6) is 0. The van der Waals surface area contributed by atoms with Crippen molar-refractivity contribution in [2.24, 2.45) is 0 Å². The van der Waals surface area contributed by atoms with Crippen LogP contribution in [0, 0.1) is 0 Å². The van der Waals surface area contributed by atoms with Gasteiger partial charge in [0, 0.05) is 44.7 Å². The van der Waals surface area contributed by atoms with Gasteiger partial charge in [-0.3, -0.25) is 4.40 Å². The molecule has 4 aromatic carbocycles. The van der Waals surface area contributed by atoms with Crippen molar-refractivity contribution < 1.29 is 8.83 Å². The molecule has 0 aliphatic carbocycles. The topological polar surface area (TPSA) is 43.6 Å². The summed E-state index contributed by atoms with van der Waals surface area (Å²) >= 11 is 0. The second-order valence-corrected chi connectivity index (χ2v) is 8.08. The van der Waals surface area contributed by atoms with Gasteiger partial charge >= 0.3 is 0 Å². The number of nitrogens with zero attached hydrogens (tertiary/aromatic N) is 2. The summed E-state index contributed by atoms with van der Waals surface area (Å²) in [7, 11) is 0. The molecule has 0 saturated carbocycles. The van der Waals surface area contributed by atoms with Crippen molar-refractivity contribution in [3.05, 3.63) is 85.2 Å². The fourth-order valence-electron chi connectivity index (χ4n) is 5.05. The summed E-state index contributed by atoms with van der Waals surface area (Å²) in [6, 6.07) is 25.1. The van der Waals surface area contributed by atoms with Crippen molar-refractivity contribution in [2.45, 2.75) is 0 Å². The van der Waals surface area contributed by atoms with Gasteiger partial charge in [0.2, 0.25) is 0 Å². The smallest absolute Gasteiger partial charge is 0.145 e. The first kappa shape index (κ1) is 15.5. The number of hydrogen-bond acceptors (Lipinski definition) is 3. The molecule has 4 aromatic heterocycles. The maximum Gasteiger partial charge on any atom is 0.145 e. The predicted octanol–water partition coefficient (Wildman–Crippen LogP) is 7.44. The highest BCUT2D eigenvalue weighted by atomic mass is 16.3. The number of pyridine rings is 1. The van der Waals surface area contributed by atoms with Gasteiger partial charge < -0.3 is 8.83 Å². The summed E-state index contributed by atoms with van der Waals surface area (Å²) in [6.07, 6.45) is 3.88. The van der Waals surface area contributed by atoms with Crippen LogP contribution in [0.25, 0.3) is 71.2 Å². The number of para-hydroxylation sites is 1. The van der Waals surface area contributed by atoms with Crippen LogP contribution in [0.3, 0.4) is 0 Å². The zero-order valence-electron chi connectivity index (χ0n) is 16.3. The van der Waals surface area contributed by atoms with Gasteiger partial charge in [0.15, 0.2) is 0 Å². The first-order chi connectivity index (χ1) is 15.3. The molecule has 8 rings (SSSR count). The Kier molecular flexibility index (Phi) is 2.62. The van der Waals surface area contributed by atoms with Crippen LogP contribution in [-0.2, 0) is 0 Å². The van der Waals surface area contributed by atoms with E-state index in [0.29, 0.717) is 0 Å². The molecule has 0 aliphatic rings. The summed E-state index contributed by atoms with van der Waals surface area (Å²) in [4.78, 5) is 4.62. The van der Waals surface area contributed by atoms with Gasteiger partial charge in [-0.15, -0.1) is 0 Å². The molecule has 4 nitrogen and oxygen atoms in total. The Labute approximate surface area is 174 Å². The minimum absolute atomic E-state index is 0.871. The highest BCUT2D eigenvalue weighted by molar-refractivity contribution is 6.20. The molecule has 0 fully saturated rings. The van der Waals surface area contributed by atoms with Crippen molar-refractivity contribution in [1.82, 2.24) is 9.38 Å². The lowest BCUT2D eigenvalue weighted by Gasteiger charge is -2.08. The van der Waals surface area contributed by atoms with Crippen LogP contribution in [0.1, 0.15) is 0 Å². The van der Waals surface area contributed by atoms with Gasteiger partial charge in [0.1, 0.15) is 28.0 Å². The molecule has 0 atom stereocenters. The van der Waals surface area contributed by atoms with Gasteiger partial charge in [0.25, 0.3) is 0 Å². The minimum atomic E-state index is 0.871. The van der Waals surface area contributed by atoms with E-state index >= 15 is 0 Å². The van der Waals surface area contributed by atoms with Gasteiger partial charge in [-0.1, -0.05) is 42.5 Å². The number of rotatable bonds is 0. The van der Waals surface area contributed by atoms with Crippen LogP contribution < -0.4 is 0 Å². The Balaban J connectivity index is 1.58. The lowest BCUT2D eigenvalue weighted by molar-refractivity contribution is 0.664. The van der Waals surface area contributed by atoms with Crippen LogP contribution in [-0.4, -0.2) is 9.38 Å². The fourth-order valence-corrected chi connectivity index (χ4v) is 5.05. The van der Waals surface area contributed by atoms with E-state index in [1.807, 2.05) is 30.6 Å². The fraction of sp³-hybridized carbons (Fsp3) is 0.